The van der Waals surface area contributed by atoms with Crippen LogP contribution < -0.4 is 5.32 Å². The third-order valence-electron chi connectivity index (χ3n) is 2.67. The van der Waals surface area contributed by atoms with Gasteiger partial charge in [0, 0.05) is 12.0 Å². The molecule has 0 radical (unpaired) electrons. The van der Waals surface area contributed by atoms with Crippen molar-refractivity contribution in [2.24, 2.45) is 0 Å². The lowest BCUT2D eigenvalue weighted by Crippen LogP contribution is -2.10. The molecule has 1 aromatic heterocycles. The van der Waals surface area contributed by atoms with Crippen molar-refractivity contribution in [3.63, 3.8) is 0 Å². The van der Waals surface area contributed by atoms with E-state index in [4.69, 9.17) is 23.2 Å². The second-order valence-electron chi connectivity index (χ2n) is 3.94. The van der Waals surface area contributed by atoms with Crippen molar-refractivity contribution in [1.29, 1.82) is 5.26 Å². The molecule has 2 aromatic rings. The maximum atomic E-state index is 11.4. The molecule has 5 nitrogen and oxygen atoms in total. The minimum Gasteiger partial charge on any atom is -0.310 e. The highest BCUT2D eigenvalue weighted by atomic mass is 35.5. The van der Waals surface area contributed by atoms with Gasteiger partial charge >= 0.3 is 0 Å². The molecule has 2 N–H and O–H groups in total. The second-order valence-corrected chi connectivity index (χ2v) is 4.72. The number of amides is 1. The third kappa shape index (κ3) is 2.62. The van der Waals surface area contributed by atoms with E-state index in [1.807, 2.05) is 6.07 Å². The number of hydrogen-bond acceptors (Lipinski definition) is 3. The van der Waals surface area contributed by atoms with Gasteiger partial charge in [0.05, 0.1) is 10.0 Å². The molecule has 0 spiro atoms. The van der Waals surface area contributed by atoms with Gasteiger partial charge in [-0.1, -0.05) is 42.3 Å². The largest absolute Gasteiger partial charge is 0.310 e. The van der Waals surface area contributed by atoms with E-state index in [2.05, 4.69) is 15.5 Å². The van der Waals surface area contributed by atoms with Crippen LogP contribution in [0.1, 0.15) is 18.9 Å². The van der Waals surface area contributed by atoms with Crippen LogP contribution in [0.3, 0.4) is 0 Å². The Morgan fingerprint density at radius 1 is 1.50 bits per heavy atom. The Morgan fingerprint density at radius 2 is 2.25 bits per heavy atom. The van der Waals surface area contributed by atoms with E-state index in [0.29, 0.717) is 27.7 Å². The van der Waals surface area contributed by atoms with Crippen molar-refractivity contribution < 1.29 is 4.79 Å². The summed E-state index contributed by atoms with van der Waals surface area (Å²) < 4.78 is 0. The van der Waals surface area contributed by atoms with Crippen molar-refractivity contribution in [3.05, 3.63) is 33.8 Å². The van der Waals surface area contributed by atoms with Gasteiger partial charge in [-0.05, 0) is 6.07 Å². The van der Waals surface area contributed by atoms with Crippen molar-refractivity contribution in [2.45, 2.75) is 13.3 Å². The van der Waals surface area contributed by atoms with Crippen LogP contribution in [0.15, 0.2) is 18.2 Å². The van der Waals surface area contributed by atoms with Crippen LogP contribution in [0.2, 0.25) is 10.0 Å². The molecule has 0 atom stereocenters. The Labute approximate surface area is 125 Å². The second kappa shape index (κ2) is 5.95. The van der Waals surface area contributed by atoms with E-state index in [-0.39, 0.29) is 17.3 Å². The van der Waals surface area contributed by atoms with Crippen LogP contribution in [0, 0.1) is 11.3 Å². The van der Waals surface area contributed by atoms with Gasteiger partial charge in [-0.15, -0.1) is 0 Å². The molecule has 0 aliphatic carbocycles. The summed E-state index contributed by atoms with van der Waals surface area (Å²) in [5.41, 5.74) is 1.10. The molecule has 1 aromatic carbocycles. The summed E-state index contributed by atoms with van der Waals surface area (Å²) in [4.78, 5) is 11.4. The standard InChI is InChI=1S/C13H10Cl2N4O/c1-2-10(20)17-13-8(6-16)12(18-19-13)7-4-3-5-9(14)11(7)15/h3-5H,2H2,1H3,(H2,17,18,19,20). The molecule has 0 aliphatic heterocycles. The molecule has 0 unspecified atom stereocenters. The first kappa shape index (κ1) is 14.4. The lowest BCUT2D eigenvalue weighted by Gasteiger charge is -2.03. The Hall–Kier alpha value is -2.03. The molecule has 102 valence electrons. The highest BCUT2D eigenvalue weighted by molar-refractivity contribution is 6.43. The third-order valence-corrected chi connectivity index (χ3v) is 3.49. The van der Waals surface area contributed by atoms with Crippen LogP contribution in [0.4, 0.5) is 5.82 Å². The molecule has 20 heavy (non-hydrogen) atoms. The summed E-state index contributed by atoms with van der Waals surface area (Å²) in [5.74, 6) is 0.0410. The first-order valence-electron chi connectivity index (χ1n) is 5.81. The Morgan fingerprint density at radius 3 is 2.90 bits per heavy atom. The number of anilines is 1. The number of hydrogen-bond donors (Lipinski definition) is 2. The van der Waals surface area contributed by atoms with Crippen molar-refractivity contribution in [1.82, 2.24) is 10.2 Å². The Balaban J connectivity index is 2.51. The summed E-state index contributed by atoms with van der Waals surface area (Å²) in [6, 6.07) is 7.07. The van der Waals surface area contributed by atoms with Gasteiger partial charge in [-0.25, -0.2) is 0 Å². The molecular formula is C13H10Cl2N4O. The number of nitrogens with one attached hydrogen (secondary N) is 2. The van der Waals surface area contributed by atoms with E-state index < -0.39 is 0 Å². The molecule has 1 amide bonds. The first-order valence-corrected chi connectivity index (χ1v) is 6.56. The SMILES string of the molecule is CCC(=O)Nc1[nH]nc(-c2cccc(Cl)c2Cl)c1C#N. The number of rotatable bonds is 3. The van der Waals surface area contributed by atoms with E-state index in [0.717, 1.165) is 0 Å². The summed E-state index contributed by atoms with van der Waals surface area (Å²) >= 11 is 12.1. The topological polar surface area (TPSA) is 81.6 Å². The van der Waals surface area contributed by atoms with E-state index in [1.165, 1.54) is 0 Å². The number of halogens is 2. The molecule has 0 bridgehead atoms. The fourth-order valence-electron chi connectivity index (χ4n) is 1.65. The minimum atomic E-state index is -0.214. The molecular weight excluding hydrogens is 299 g/mol. The van der Waals surface area contributed by atoms with Gasteiger partial charge < -0.3 is 5.32 Å². The quantitative estimate of drug-likeness (QED) is 0.908. The van der Waals surface area contributed by atoms with Crippen LogP contribution in [0.25, 0.3) is 11.3 Å². The highest BCUT2D eigenvalue weighted by Crippen LogP contribution is 2.35. The summed E-state index contributed by atoms with van der Waals surface area (Å²) in [6.07, 6.45) is 0.303. The lowest BCUT2D eigenvalue weighted by atomic mass is 10.1. The summed E-state index contributed by atoms with van der Waals surface area (Å²) in [7, 11) is 0. The van der Waals surface area contributed by atoms with Crippen LogP contribution in [-0.4, -0.2) is 16.1 Å². The van der Waals surface area contributed by atoms with E-state index in [9.17, 15) is 10.1 Å². The molecule has 0 aliphatic rings. The van der Waals surface area contributed by atoms with E-state index in [1.54, 1.807) is 25.1 Å². The molecule has 0 fully saturated rings. The monoisotopic (exact) mass is 308 g/mol. The number of nitrogens with zero attached hydrogens (tertiary/aromatic N) is 2. The van der Waals surface area contributed by atoms with Gasteiger partial charge in [0.25, 0.3) is 0 Å². The molecule has 1 heterocycles. The minimum absolute atomic E-state index is 0.214. The van der Waals surface area contributed by atoms with Crippen LogP contribution in [-0.2, 0) is 4.79 Å². The number of aromatic nitrogens is 2. The number of benzene rings is 1. The van der Waals surface area contributed by atoms with Crippen molar-refractivity contribution in [2.75, 3.05) is 5.32 Å². The van der Waals surface area contributed by atoms with Crippen LogP contribution >= 0.6 is 23.2 Å². The molecule has 0 saturated carbocycles. The van der Waals surface area contributed by atoms with Gasteiger partial charge in [-0.3, -0.25) is 9.89 Å². The van der Waals surface area contributed by atoms with Gasteiger partial charge in [0.1, 0.15) is 23.1 Å². The van der Waals surface area contributed by atoms with Crippen LogP contribution in [0.5, 0.6) is 0 Å². The van der Waals surface area contributed by atoms with Gasteiger partial charge in [-0.2, -0.15) is 10.4 Å². The summed E-state index contributed by atoms with van der Waals surface area (Å²) in [6.45, 7) is 1.71. The van der Waals surface area contributed by atoms with Crippen molar-refractivity contribution in [3.8, 4) is 17.3 Å². The highest BCUT2D eigenvalue weighted by Gasteiger charge is 2.18. The smallest absolute Gasteiger partial charge is 0.225 e. The van der Waals surface area contributed by atoms with Gasteiger partial charge in [0.2, 0.25) is 5.91 Å². The summed E-state index contributed by atoms with van der Waals surface area (Å²) in [5, 5.41) is 19.2. The number of H-pyrrole nitrogens is 1. The molecule has 0 saturated heterocycles. The average molecular weight is 309 g/mol. The fraction of sp³-hybridized carbons (Fsp3) is 0.154. The lowest BCUT2D eigenvalue weighted by molar-refractivity contribution is -0.115. The zero-order chi connectivity index (χ0) is 14.7. The Kier molecular flexibility index (Phi) is 4.28. The molecule has 7 heteroatoms. The normalized spacial score (nSPS) is 10.1. The fourth-order valence-corrected chi connectivity index (χ4v) is 2.04. The number of carbonyl (C=O) groups is 1. The zero-order valence-corrected chi connectivity index (χ0v) is 12.0. The van der Waals surface area contributed by atoms with Crippen molar-refractivity contribution >= 4 is 34.9 Å². The number of carbonyl (C=O) groups excluding carboxylic acids is 1. The Bertz CT molecular complexity index is 703. The molecule has 2 rings (SSSR count). The van der Waals surface area contributed by atoms with Gasteiger partial charge in [0.15, 0.2) is 0 Å². The number of nitriles is 1. The predicted octanol–water partition coefficient (Wildman–Crippen LogP) is 3.60. The van der Waals surface area contributed by atoms with E-state index >= 15 is 0 Å². The number of aromatic amines is 1. The predicted molar refractivity (Wildman–Crippen MR) is 77.7 cm³/mol. The maximum absolute atomic E-state index is 11.4. The first-order chi connectivity index (χ1) is 9.58. The average Bonchev–Trinajstić information content (AvgIpc) is 2.84. The maximum Gasteiger partial charge on any atom is 0.225 e. The zero-order valence-electron chi connectivity index (χ0n) is 10.5.